The van der Waals surface area contributed by atoms with E-state index in [9.17, 15) is 5.11 Å². The topological polar surface area (TPSA) is 42.4 Å². The number of ether oxygens (including phenoxy) is 1. The third-order valence-corrected chi connectivity index (χ3v) is 3.69. The smallest absolute Gasteiger partial charge is 0.125 e. The third-order valence-electron chi connectivity index (χ3n) is 3.69. The second-order valence-electron chi connectivity index (χ2n) is 5.09. The van der Waals surface area contributed by atoms with Crippen LogP contribution in [0.1, 0.15) is 22.8 Å². The summed E-state index contributed by atoms with van der Waals surface area (Å²) in [6.45, 7) is 2.00. The predicted octanol–water partition coefficient (Wildman–Crippen LogP) is 3.63. The highest BCUT2D eigenvalue weighted by atomic mass is 16.5. The number of hydrogen-bond acceptors (Lipinski definition) is 3. The van der Waals surface area contributed by atoms with Crippen LogP contribution in [0.25, 0.3) is 10.8 Å². The lowest BCUT2D eigenvalue weighted by Gasteiger charge is -2.17. The molecule has 3 rings (SSSR count). The quantitative estimate of drug-likeness (QED) is 0.796. The van der Waals surface area contributed by atoms with Crippen molar-refractivity contribution < 1.29 is 9.84 Å². The lowest BCUT2D eigenvalue weighted by Crippen LogP contribution is -2.03. The zero-order chi connectivity index (χ0) is 14.8. The van der Waals surface area contributed by atoms with E-state index in [1.54, 1.807) is 19.5 Å². The Hall–Kier alpha value is -2.39. The Morgan fingerprint density at radius 1 is 1.10 bits per heavy atom. The number of nitrogens with zero attached hydrogens (tertiary/aromatic N) is 1. The molecule has 1 aromatic heterocycles. The molecular weight excluding hydrogens is 262 g/mol. The minimum atomic E-state index is -0.730. The fourth-order valence-electron chi connectivity index (χ4n) is 2.60. The summed E-state index contributed by atoms with van der Waals surface area (Å²) < 4.78 is 5.41. The van der Waals surface area contributed by atoms with Crippen LogP contribution in [0.5, 0.6) is 5.75 Å². The van der Waals surface area contributed by atoms with Crippen LogP contribution >= 0.6 is 0 Å². The first kappa shape index (κ1) is 13.6. The average molecular weight is 279 g/mol. The van der Waals surface area contributed by atoms with Gasteiger partial charge < -0.3 is 9.84 Å². The third kappa shape index (κ3) is 2.48. The van der Waals surface area contributed by atoms with Crippen molar-refractivity contribution in [2.24, 2.45) is 0 Å². The Morgan fingerprint density at radius 2 is 1.95 bits per heavy atom. The van der Waals surface area contributed by atoms with Gasteiger partial charge in [-0.15, -0.1) is 0 Å². The molecular formula is C18H17NO2. The zero-order valence-corrected chi connectivity index (χ0v) is 12.1. The number of aliphatic hydroxyl groups is 1. The molecule has 3 aromatic rings. The molecule has 0 aliphatic rings. The number of pyridine rings is 1. The Labute approximate surface area is 123 Å². The van der Waals surface area contributed by atoms with Crippen molar-refractivity contribution in [3.63, 3.8) is 0 Å². The number of rotatable bonds is 3. The van der Waals surface area contributed by atoms with Gasteiger partial charge in [-0.05, 0) is 35.6 Å². The molecule has 0 bridgehead atoms. The Bertz CT molecular complexity index is 778. The molecule has 0 fully saturated rings. The van der Waals surface area contributed by atoms with E-state index in [0.29, 0.717) is 5.75 Å². The van der Waals surface area contributed by atoms with Gasteiger partial charge in [0.1, 0.15) is 11.9 Å². The van der Waals surface area contributed by atoms with Gasteiger partial charge in [-0.1, -0.05) is 30.3 Å². The summed E-state index contributed by atoms with van der Waals surface area (Å²) in [5.74, 6) is 0.702. The molecule has 3 nitrogen and oxygen atoms in total. The highest BCUT2D eigenvalue weighted by Gasteiger charge is 2.17. The van der Waals surface area contributed by atoms with Gasteiger partial charge >= 0.3 is 0 Å². The van der Waals surface area contributed by atoms with E-state index in [4.69, 9.17) is 4.74 Å². The van der Waals surface area contributed by atoms with Crippen LogP contribution in [0.4, 0.5) is 0 Å². The van der Waals surface area contributed by atoms with Crippen molar-refractivity contribution in [1.29, 1.82) is 0 Å². The lowest BCUT2D eigenvalue weighted by atomic mass is 9.95. The molecule has 0 saturated carbocycles. The number of fused-ring (bicyclic) bond motifs is 1. The number of aliphatic hydroxyl groups excluding tert-OH is 1. The number of benzene rings is 2. The second kappa shape index (κ2) is 5.54. The van der Waals surface area contributed by atoms with Gasteiger partial charge in [0.2, 0.25) is 0 Å². The molecule has 106 valence electrons. The van der Waals surface area contributed by atoms with E-state index in [0.717, 1.165) is 27.5 Å². The molecule has 0 aliphatic carbocycles. The van der Waals surface area contributed by atoms with Crippen LogP contribution < -0.4 is 4.74 Å². The largest absolute Gasteiger partial charge is 0.496 e. The summed E-state index contributed by atoms with van der Waals surface area (Å²) in [5.41, 5.74) is 2.73. The number of aryl methyl sites for hydroxylation is 1. The molecule has 21 heavy (non-hydrogen) atoms. The van der Waals surface area contributed by atoms with Crippen LogP contribution in [0, 0.1) is 6.92 Å². The number of methoxy groups -OCH3 is 1. The summed E-state index contributed by atoms with van der Waals surface area (Å²) >= 11 is 0. The van der Waals surface area contributed by atoms with Crippen molar-refractivity contribution in [3.8, 4) is 5.75 Å². The molecule has 2 aromatic carbocycles. The van der Waals surface area contributed by atoms with E-state index in [1.165, 1.54) is 0 Å². The second-order valence-corrected chi connectivity index (χ2v) is 5.09. The van der Waals surface area contributed by atoms with Crippen LogP contribution in [0.2, 0.25) is 0 Å². The molecule has 0 radical (unpaired) electrons. The summed E-state index contributed by atoms with van der Waals surface area (Å²) in [5, 5.41) is 12.8. The highest BCUT2D eigenvalue weighted by Crippen LogP contribution is 2.33. The first-order valence-corrected chi connectivity index (χ1v) is 6.86. The molecule has 0 amide bonds. The van der Waals surface area contributed by atoms with Crippen molar-refractivity contribution in [1.82, 2.24) is 4.98 Å². The van der Waals surface area contributed by atoms with E-state index >= 15 is 0 Å². The summed E-state index contributed by atoms with van der Waals surface area (Å²) in [7, 11) is 1.62. The van der Waals surface area contributed by atoms with Gasteiger partial charge in [-0.25, -0.2) is 0 Å². The SMILES string of the molecule is COc1cc(C)ccc1C(O)c1cccc2cnccc12. The standard InChI is InChI=1S/C18H17NO2/c1-12-6-7-16(17(10-12)21-2)18(20)15-5-3-4-13-11-19-9-8-14(13)15/h3-11,18,20H,1-2H3. The molecule has 1 heterocycles. The molecule has 3 heteroatoms. The minimum absolute atomic E-state index is 0.702. The molecule has 1 atom stereocenters. The van der Waals surface area contributed by atoms with E-state index < -0.39 is 6.10 Å². The Morgan fingerprint density at radius 3 is 2.76 bits per heavy atom. The summed E-state index contributed by atoms with van der Waals surface area (Å²) in [4.78, 5) is 4.13. The van der Waals surface area contributed by atoms with Crippen molar-refractivity contribution in [2.45, 2.75) is 13.0 Å². The van der Waals surface area contributed by atoms with Gasteiger partial charge in [-0.2, -0.15) is 0 Å². The van der Waals surface area contributed by atoms with Gasteiger partial charge in [0.25, 0.3) is 0 Å². The van der Waals surface area contributed by atoms with E-state index in [-0.39, 0.29) is 0 Å². The lowest BCUT2D eigenvalue weighted by molar-refractivity contribution is 0.216. The number of aromatic nitrogens is 1. The fourth-order valence-corrected chi connectivity index (χ4v) is 2.60. The van der Waals surface area contributed by atoms with Crippen molar-refractivity contribution in [2.75, 3.05) is 7.11 Å². The van der Waals surface area contributed by atoms with Gasteiger partial charge in [0, 0.05) is 23.3 Å². The average Bonchev–Trinajstić information content (AvgIpc) is 2.53. The van der Waals surface area contributed by atoms with E-state index in [2.05, 4.69) is 4.98 Å². The molecule has 0 spiro atoms. The minimum Gasteiger partial charge on any atom is -0.496 e. The van der Waals surface area contributed by atoms with Crippen LogP contribution in [-0.2, 0) is 0 Å². The van der Waals surface area contributed by atoms with Crippen LogP contribution in [-0.4, -0.2) is 17.2 Å². The molecule has 0 saturated heterocycles. The van der Waals surface area contributed by atoms with Gasteiger partial charge in [-0.3, -0.25) is 4.98 Å². The fraction of sp³-hybridized carbons (Fsp3) is 0.167. The number of hydrogen-bond donors (Lipinski definition) is 1. The zero-order valence-electron chi connectivity index (χ0n) is 12.1. The van der Waals surface area contributed by atoms with Gasteiger partial charge in [0.15, 0.2) is 0 Å². The Balaban J connectivity index is 2.15. The van der Waals surface area contributed by atoms with E-state index in [1.807, 2.05) is 49.4 Å². The van der Waals surface area contributed by atoms with Crippen molar-refractivity contribution >= 4 is 10.8 Å². The molecule has 1 N–H and O–H groups in total. The first-order valence-electron chi connectivity index (χ1n) is 6.86. The van der Waals surface area contributed by atoms with Crippen LogP contribution in [0.3, 0.4) is 0 Å². The summed E-state index contributed by atoms with van der Waals surface area (Å²) in [6, 6.07) is 13.6. The van der Waals surface area contributed by atoms with Crippen molar-refractivity contribution in [3.05, 3.63) is 71.5 Å². The maximum absolute atomic E-state index is 10.8. The normalized spacial score (nSPS) is 12.3. The highest BCUT2D eigenvalue weighted by molar-refractivity contribution is 5.85. The molecule has 0 aliphatic heterocycles. The maximum Gasteiger partial charge on any atom is 0.125 e. The first-order chi connectivity index (χ1) is 10.2. The predicted molar refractivity (Wildman–Crippen MR) is 83.5 cm³/mol. The Kier molecular flexibility index (Phi) is 3.59. The summed E-state index contributed by atoms with van der Waals surface area (Å²) in [6.07, 6.45) is 2.81. The van der Waals surface area contributed by atoms with Crippen LogP contribution in [0.15, 0.2) is 54.9 Å². The molecule has 1 unspecified atom stereocenters. The van der Waals surface area contributed by atoms with Gasteiger partial charge in [0.05, 0.1) is 7.11 Å². The monoisotopic (exact) mass is 279 g/mol. The maximum atomic E-state index is 10.8.